The Kier molecular flexibility index (Phi) is 19.6. The zero-order valence-electron chi connectivity index (χ0n) is 40.8. The summed E-state index contributed by atoms with van der Waals surface area (Å²) >= 11 is 0. The normalized spacial score (nSPS) is 25.5. The maximum atomic E-state index is 14.0. The van der Waals surface area contributed by atoms with Gasteiger partial charge in [0.05, 0.1) is 45.7 Å². The number of hydrogen-bond donors (Lipinski definition) is 4. The average Bonchev–Trinajstić information content (AvgIpc) is 3.74. The minimum atomic E-state index is -1.41. The summed E-state index contributed by atoms with van der Waals surface area (Å²) in [6.45, 7) is 2.14. The molecule has 0 aromatic heterocycles. The van der Waals surface area contributed by atoms with E-state index >= 15 is 0 Å². The fourth-order valence-electron chi connectivity index (χ4n) is 7.98. The van der Waals surface area contributed by atoms with Gasteiger partial charge >= 0.3 is 0 Å². The van der Waals surface area contributed by atoms with Crippen LogP contribution in [-0.2, 0) is 57.5 Å². The summed E-state index contributed by atoms with van der Waals surface area (Å²) in [7, 11) is 11.0. The molecule has 5 unspecified atom stereocenters. The Morgan fingerprint density at radius 2 is 1.22 bits per heavy atom. The molecule has 3 rings (SSSR count). The van der Waals surface area contributed by atoms with Crippen LogP contribution in [0.1, 0.15) is 65.7 Å². The molecule has 5 atom stereocenters. The zero-order valence-corrected chi connectivity index (χ0v) is 40.8. The molecule has 1 aliphatic carbocycles. The SMILES string of the molecule is CCC(C)C1NC(=O)CN(C)C(=O)CC(C(=O)N(C)C)N(C)C(=O)CN(C)C(=O)C2(CCCC2)NC(=O)CNC(=O)CNC(=O)CN(C)C(=O)CN(C)C(=O)C2CCN2C(=O)C(C)N(C)C1=O. The first kappa shape index (κ1) is 55.0. The summed E-state index contributed by atoms with van der Waals surface area (Å²) in [5.74, 6) is -8.22. The van der Waals surface area contributed by atoms with E-state index in [0.717, 1.165) is 24.5 Å². The lowest BCUT2D eigenvalue weighted by Crippen LogP contribution is -2.63. The van der Waals surface area contributed by atoms with Crippen molar-refractivity contribution in [3.05, 3.63) is 0 Å². The molecule has 2 aliphatic heterocycles. The summed E-state index contributed by atoms with van der Waals surface area (Å²) in [5.41, 5.74) is -1.41. The van der Waals surface area contributed by atoms with E-state index in [4.69, 9.17) is 0 Å². The van der Waals surface area contributed by atoms with Gasteiger partial charge in [0, 0.05) is 62.9 Å². The molecule has 0 aromatic carbocycles. The number of rotatable bonds is 3. The summed E-state index contributed by atoms with van der Waals surface area (Å²) < 4.78 is 0. The van der Waals surface area contributed by atoms with E-state index in [1.165, 1.54) is 78.0 Å². The maximum Gasteiger partial charge on any atom is 0.248 e. The van der Waals surface area contributed by atoms with Crippen LogP contribution in [0.5, 0.6) is 0 Å². The Morgan fingerprint density at radius 1 is 0.672 bits per heavy atom. The predicted molar refractivity (Wildman–Crippen MR) is 240 cm³/mol. The van der Waals surface area contributed by atoms with Gasteiger partial charge in [0.15, 0.2) is 0 Å². The van der Waals surface area contributed by atoms with E-state index in [1.807, 2.05) is 6.92 Å². The van der Waals surface area contributed by atoms with Gasteiger partial charge in [-0.05, 0) is 32.1 Å². The Hall–Kier alpha value is -6.36. The van der Waals surface area contributed by atoms with Gasteiger partial charge in [0.25, 0.3) is 0 Å². The van der Waals surface area contributed by atoms with Crippen molar-refractivity contribution in [3.8, 4) is 0 Å². The zero-order chi connectivity index (χ0) is 50.7. The van der Waals surface area contributed by atoms with Crippen LogP contribution >= 0.6 is 0 Å². The fourth-order valence-corrected chi connectivity index (χ4v) is 7.98. The Balaban J connectivity index is 1.91. The molecule has 0 radical (unpaired) electrons. The Morgan fingerprint density at radius 3 is 1.79 bits per heavy atom. The number of nitrogens with zero attached hydrogens (tertiary/aromatic N) is 8. The standard InChI is InChI=1S/C43H70N12O12/c1-12-26(2)37-41(66)53(10)27(3)38(63)55-18-15-28(55)40(65)51(8)24-35(61)50(7)22-32(58)45-20-30(56)44-21-31(57)47-43(16-13-14-17-43)42(67)52(9)25-36(62)54(11)29(39(64)48(4)5)19-34(60)49(6)23-33(59)46-37/h26-29,37H,12-25H2,1-11H3,(H,44,56)(H,45,58)(H,46,59)(H,47,57). The summed E-state index contributed by atoms with van der Waals surface area (Å²) in [4.78, 5) is 170. The third-order valence-electron chi connectivity index (χ3n) is 12.8. The highest BCUT2D eigenvalue weighted by atomic mass is 16.2. The Labute approximate surface area is 391 Å². The van der Waals surface area contributed by atoms with Gasteiger partial charge < -0.3 is 60.5 Å². The van der Waals surface area contributed by atoms with Crippen LogP contribution in [0.15, 0.2) is 0 Å². The summed E-state index contributed by atoms with van der Waals surface area (Å²) in [6, 6.07) is -4.49. The van der Waals surface area contributed by atoms with Crippen molar-refractivity contribution >= 4 is 70.9 Å². The number of carbonyl (C=O) groups is 12. The van der Waals surface area contributed by atoms with Crippen LogP contribution in [0.4, 0.5) is 0 Å². The van der Waals surface area contributed by atoms with Crippen molar-refractivity contribution in [1.29, 1.82) is 0 Å². The van der Waals surface area contributed by atoms with Gasteiger partial charge in [-0.1, -0.05) is 33.1 Å². The van der Waals surface area contributed by atoms with Crippen LogP contribution in [0.2, 0.25) is 0 Å². The van der Waals surface area contributed by atoms with Crippen molar-refractivity contribution in [3.63, 3.8) is 0 Å². The number of nitrogens with one attached hydrogen (secondary N) is 4. The fraction of sp³-hybridized carbons (Fsp3) is 0.721. The quantitative estimate of drug-likeness (QED) is 0.210. The second kappa shape index (κ2) is 23.9. The number of fused-ring (bicyclic) bond motifs is 1. The van der Waals surface area contributed by atoms with Crippen molar-refractivity contribution < 1.29 is 57.5 Å². The third kappa shape index (κ3) is 14.1. The molecule has 12 amide bonds. The van der Waals surface area contributed by atoms with E-state index in [9.17, 15) is 57.5 Å². The van der Waals surface area contributed by atoms with Crippen molar-refractivity contribution in [1.82, 2.24) is 60.5 Å². The average molecular weight is 947 g/mol. The predicted octanol–water partition coefficient (Wildman–Crippen LogP) is -4.22. The van der Waals surface area contributed by atoms with Gasteiger partial charge in [-0.15, -0.1) is 0 Å². The van der Waals surface area contributed by atoms with Crippen molar-refractivity contribution in [2.75, 3.05) is 102 Å². The highest BCUT2D eigenvalue weighted by Gasteiger charge is 2.46. The molecule has 2 saturated heterocycles. The summed E-state index contributed by atoms with van der Waals surface area (Å²) in [6.07, 6.45) is 1.82. The van der Waals surface area contributed by atoms with Crippen LogP contribution < -0.4 is 21.3 Å². The largest absolute Gasteiger partial charge is 0.347 e. The molecule has 0 aromatic rings. The molecular weight excluding hydrogens is 877 g/mol. The first-order chi connectivity index (χ1) is 31.3. The van der Waals surface area contributed by atoms with Crippen LogP contribution in [-0.4, -0.2) is 242 Å². The van der Waals surface area contributed by atoms with Gasteiger partial charge in [0.1, 0.15) is 29.7 Å². The number of likely N-dealkylation sites (N-methyl/N-ethyl adjacent to an activating group) is 7. The first-order valence-corrected chi connectivity index (χ1v) is 22.4. The molecule has 67 heavy (non-hydrogen) atoms. The van der Waals surface area contributed by atoms with Gasteiger partial charge in [-0.3, -0.25) is 57.5 Å². The highest BCUT2D eigenvalue weighted by Crippen LogP contribution is 2.31. The number of amides is 12. The monoisotopic (exact) mass is 947 g/mol. The Bertz CT molecular complexity index is 1940. The van der Waals surface area contributed by atoms with Gasteiger partial charge in [-0.25, -0.2) is 0 Å². The molecule has 3 aliphatic rings. The molecule has 4 N–H and O–H groups in total. The molecule has 24 nitrogen and oxygen atoms in total. The van der Waals surface area contributed by atoms with Crippen molar-refractivity contribution in [2.45, 2.75) is 95.4 Å². The molecule has 24 heteroatoms. The van der Waals surface area contributed by atoms with E-state index < -0.39 is 152 Å². The second-order valence-electron chi connectivity index (χ2n) is 18.1. The molecule has 374 valence electrons. The van der Waals surface area contributed by atoms with Crippen LogP contribution in [0, 0.1) is 5.92 Å². The maximum absolute atomic E-state index is 14.0. The third-order valence-corrected chi connectivity index (χ3v) is 12.8. The molecule has 1 saturated carbocycles. The highest BCUT2D eigenvalue weighted by molar-refractivity contribution is 5.99. The molecular formula is C43H70N12O12. The smallest absolute Gasteiger partial charge is 0.248 e. The van der Waals surface area contributed by atoms with Crippen molar-refractivity contribution in [2.24, 2.45) is 5.92 Å². The lowest BCUT2D eigenvalue weighted by molar-refractivity contribution is -0.158. The van der Waals surface area contributed by atoms with E-state index in [-0.39, 0.29) is 19.4 Å². The lowest BCUT2D eigenvalue weighted by Gasteiger charge is -2.44. The van der Waals surface area contributed by atoms with E-state index in [2.05, 4.69) is 21.3 Å². The number of hydrogen-bond acceptors (Lipinski definition) is 12. The minimum absolute atomic E-state index is 0.204. The molecule has 2 heterocycles. The first-order valence-electron chi connectivity index (χ1n) is 22.4. The molecule has 0 bridgehead atoms. The topological polar surface area (TPSA) is 279 Å². The molecule has 3 fully saturated rings. The summed E-state index contributed by atoms with van der Waals surface area (Å²) in [5, 5.41) is 10.1. The lowest BCUT2D eigenvalue weighted by atomic mass is 9.95. The number of carbonyl (C=O) groups excluding carboxylic acids is 12. The second-order valence-corrected chi connectivity index (χ2v) is 18.1. The van der Waals surface area contributed by atoms with Crippen LogP contribution in [0.25, 0.3) is 0 Å². The van der Waals surface area contributed by atoms with Crippen LogP contribution in [0.3, 0.4) is 0 Å². The molecule has 1 spiro atoms. The van der Waals surface area contributed by atoms with E-state index in [1.54, 1.807) is 6.92 Å². The van der Waals surface area contributed by atoms with Gasteiger partial charge in [0.2, 0.25) is 70.9 Å². The van der Waals surface area contributed by atoms with Gasteiger partial charge in [-0.2, -0.15) is 0 Å². The van der Waals surface area contributed by atoms with E-state index in [0.29, 0.717) is 25.7 Å². The minimum Gasteiger partial charge on any atom is -0.347 e.